The van der Waals surface area contributed by atoms with E-state index >= 15 is 0 Å². The Balaban J connectivity index is 3.62. The quantitative estimate of drug-likeness (QED) is 0.523. The van der Waals surface area contributed by atoms with Gasteiger partial charge in [-0.1, -0.05) is 6.92 Å². The number of halogens is 1. The summed E-state index contributed by atoms with van der Waals surface area (Å²) in [6.07, 6.45) is 2.72. The molecule has 0 radical (unpaired) electrons. The lowest BCUT2D eigenvalue weighted by Gasteiger charge is -2.19. The van der Waals surface area contributed by atoms with Crippen molar-refractivity contribution in [3.8, 4) is 0 Å². The van der Waals surface area contributed by atoms with Crippen molar-refractivity contribution in [3.05, 3.63) is 0 Å². The number of hydrogen-bond acceptors (Lipinski definition) is 2. The minimum absolute atomic E-state index is 0.0977. The molecular formula is C10H20ClNO2. The van der Waals surface area contributed by atoms with Crippen molar-refractivity contribution in [2.75, 3.05) is 26.1 Å². The minimum atomic E-state index is -0.0977. The molecule has 0 aromatic carbocycles. The lowest BCUT2D eigenvalue weighted by atomic mass is 10.2. The Kier molecular flexibility index (Phi) is 7.90. The Morgan fingerprint density at radius 3 is 2.57 bits per heavy atom. The average Bonchev–Trinajstić information content (AvgIpc) is 2.21. The molecular weight excluding hydrogens is 202 g/mol. The summed E-state index contributed by atoms with van der Waals surface area (Å²) in [7, 11) is 1.80. The fourth-order valence-electron chi connectivity index (χ4n) is 1.19. The smallest absolute Gasteiger partial charge is 0.226 e. The van der Waals surface area contributed by atoms with Gasteiger partial charge in [-0.05, 0) is 19.3 Å². The van der Waals surface area contributed by atoms with E-state index in [1.54, 1.807) is 11.9 Å². The fourth-order valence-corrected chi connectivity index (χ4v) is 1.32. The van der Waals surface area contributed by atoms with Crippen molar-refractivity contribution in [1.29, 1.82) is 0 Å². The van der Waals surface area contributed by atoms with Crippen LogP contribution in [0.2, 0.25) is 0 Å². The number of alkyl halides is 1. The number of hydrogen-bond donors (Lipinski definition) is 1. The molecule has 84 valence electrons. The largest absolute Gasteiger partial charge is 0.396 e. The van der Waals surface area contributed by atoms with Gasteiger partial charge in [-0.2, -0.15) is 0 Å². The van der Waals surface area contributed by atoms with Crippen LogP contribution in [0.3, 0.4) is 0 Å². The number of amides is 1. The third-order valence-corrected chi connectivity index (χ3v) is 2.64. The highest BCUT2D eigenvalue weighted by molar-refractivity contribution is 6.19. The molecule has 1 amide bonds. The van der Waals surface area contributed by atoms with Crippen LogP contribution in [0.5, 0.6) is 0 Å². The number of rotatable bonds is 7. The summed E-state index contributed by atoms with van der Waals surface area (Å²) in [6.45, 7) is 2.81. The lowest BCUT2D eigenvalue weighted by Crippen LogP contribution is -2.33. The highest BCUT2D eigenvalue weighted by Crippen LogP contribution is 2.05. The summed E-state index contributed by atoms with van der Waals surface area (Å²) in [5, 5.41) is 8.57. The second-order valence-corrected chi connectivity index (χ2v) is 3.91. The maximum Gasteiger partial charge on any atom is 0.226 e. The molecule has 4 heteroatoms. The van der Waals surface area contributed by atoms with E-state index in [1.807, 2.05) is 6.92 Å². The molecule has 0 aliphatic heterocycles. The molecule has 0 aromatic heterocycles. The normalized spacial score (nSPS) is 12.6. The Morgan fingerprint density at radius 1 is 1.43 bits per heavy atom. The van der Waals surface area contributed by atoms with Crippen molar-refractivity contribution in [3.63, 3.8) is 0 Å². The molecule has 0 fully saturated rings. The van der Waals surface area contributed by atoms with E-state index in [1.165, 1.54) is 0 Å². The molecule has 0 saturated carbocycles. The number of aliphatic hydroxyl groups is 1. The monoisotopic (exact) mass is 221 g/mol. The van der Waals surface area contributed by atoms with E-state index in [2.05, 4.69) is 0 Å². The van der Waals surface area contributed by atoms with Gasteiger partial charge in [0.25, 0.3) is 0 Å². The standard InChI is InChI=1S/C10H20ClNO2/c1-9(8-11)10(14)12(2)6-4-3-5-7-13/h9,13H,3-8H2,1-2H3. The molecule has 1 unspecified atom stereocenters. The third kappa shape index (κ3) is 5.45. The van der Waals surface area contributed by atoms with Crippen LogP contribution >= 0.6 is 11.6 Å². The first-order chi connectivity index (χ1) is 6.63. The van der Waals surface area contributed by atoms with Gasteiger partial charge in [0.15, 0.2) is 0 Å². The number of aliphatic hydroxyl groups excluding tert-OH is 1. The van der Waals surface area contributed by atoms with Gasteiger partial charge in [-0.25, -0.2) is 0 Å². The average molecular weight is 222 g/mol. The molecule has 1 N–H and O–H groups in total. The minimum Gasteiger partial charge on any atom is -0.396 e. The first-order valence-corrected chi connectivity index (χ1v) is 5.58. The summed E-state index contributed by atoms with van der Waals surface area (Å²) < 4.78 is 0. The fraction of sp³-hybridized carbons (Fsp3) is 0.900. The topological polar surface area (TPSA) is 40.5 Å². The van der Waals surface area contributed by atoms with E-state index in [9.17, 15) is 4.79 Å². The molecule has 1 atom stereocenters. The highest BCUT2D eigenvalue weighted by Gasteiger charge is 2.15. The molecule has 0 heterocycles. The van der Waals surface area contributed by atoms with E-state index in [4.69, 9.17) is 16.7 Å². The molecule has 0 aliphatic carbocycles. The van der Waals surface area contributed by atoms with Gasteiger partial charge in [-0.3, -0.25) is 4.79 Å². The van der Waals surface area contributed by atoms with Crippen molar-refractivity contribution in [2.45, 2.75) is 26.2 Å². The van der Waals surface area contributed by atoms with Crippen LogP contribution in [-0.4, -0.2) is 42.0 Å². The lowest BCUT2D eigenvalue weighted by molar-refractivity contribution is -0.133. The van der Waals surface area contributed by atoms with Crippen LogP contribution in [0.15, 0.2) is 0 Å². The summed E-state index contributed by atoms with van der Waals surface area (Å²) in [5.41, 5.74) is 0. The van der Waals surface area contributed by atoms with Crippen LogP contribution in [0.1, 0.15) is 26.2 Å². The number of unbranched alkanes of at least 4 members (excludes halogenated alkanes) is 2. The second kappa shape index (κ2) is 8.06. The van der Waals surface area contributed by atoms with Crippen LogP contribution < -0.4 is 0 Å². The Hall–Kier alpha value is -0.280. The van der Waals surface area contributed by atoms with Crippen molar-refractivity contribution >= 4 is 17.5 Å². The van der Waals surface area contributed by atoms with Crippen LogP contribution in [0.25, 0.3) is 0 Å². The van der Waals surface area contributed by atoms with Crippen molar-refractivity contribution in [2.24, 2.45) is 5.92 Å². The SMILES string of the molecule is CC(CCl)C(=O)N(C)CCCCCO. The predicted molar refractivity (Wildman–Crippen MR) is 58.5 cm³/mol. The van der Waals surface area contributed by atoms with E-state index in [-0.39, 0.29) is 18.4 Å². The Morgan fingerprint density at radius 2 is 2.07 bits per heavy atom. The van der Waals surface area contributed by atoms with Crippen LogP contribution in [0.4, 0.5) is 0 Å². The zero-order chi connectivity index (χ0) is 11.0. The van der Waals surface area contributed by atoms with Gasteiger partial charge in [0, 0.05) is 32.0 Å². The zero-order valence-electron chi connectivity index (χ0n) is 9.00. The molecule has 0 bridgehead atoms. The van der Waals surface area contributed by atoms with Crippen molar-refractivity contribution in [1.82, 2.24) is 4.90 Å². The van der Waals surface area contributed by atoms with Crippen LogP contribution in [0, 0.1) is 5.92 Å². The van der Waals surface area contributed by atoms with E-state index in [0.29, 0.717) is 5.88 Å². The van der Waals surface area contributed by atoms with Gasteiger partial charge in [0.05, 0.1) is 0 Å². The number of nitrogens with zero attached hydrogens (tertiary/aromatic N) is 1. The molecule has 0 spiro atoms. The summed E-state index contributed by atoms with van der Waals surface area (Å²) in [5.74, 6) is 0.378. The van der Waals surface area contributed by atoms with Gasteiger partial charge < -0.3 is 10.0 Å². The van der Waals surface area contributed by atoms with Gasteiger partial charge >= 0.3 is 0 Å². The summed E-state index contributed by atoms with van der Waals surface area (Å²) in [4.78, 5) is 13.2. The number of carbonyl (C=O) groups excluding carboxylic acids is 1. The summed E-state index contributed by atoms with van der Waals surface area (Å²) in [6, 6.07) is 0. The maximum absolute atomic E-state index is 11.5. The second-order valence-electron chi connectivity index (χ2n) is 3.60. The molecule has 0 saturated heterocycles. The predicted octanol–water partition coefficient (Wildman–Crippen LogP) is 1.48. The van der Waals surface area contributed by atoms with E-state index in [0.717, 1.165) is 25.8 Å². The third-order valence-electron chi connectivity index (χ3n) is 2.18. The van der Waals surface area contributed by atoms with Crippen molar-refractivity contribution < 1.29 is 9.90 Å². The molecule has 14 heavy (non-hydrogen) atoms. The molecule has 0 aliphatic rings. The maximum atomic E-state index is 11.5. The molecule has 0 rings (SSSR count). The highest BCUT2D eigenvalue weighted by atomic mass is 35.5. The first kappa shape index (κ1) is 13.7. The Bertz CT molecular complexity index is 164. The Labute approximate surface area is 91.0 Å². The number of carbonyl (C=O) groups is 1. The zero-order valence-corrected chi connectivity index (χ0v) is 9.76. The molecule has 0 aromatic rings. The van der Waals surface area contributed by atoms with Gasteiger partial charge in [-0.15, -0.1) is 11.6 Å². The first-order valence-electron chi connectivity index (χ1n) is 5.05. The van der Waals surface area contributed by atoms with E-state index < -0.39 is 0 Å². The van der Waals surface area contributed by atoms with Gasteiger partial charge in [0.2, 0.25) is 5.91 Å². The molecule has 3 nitrogen and oxygen atoms in total. The van der Waals surface area contributed by atoms with Gasteiger partial charge in [0.1, 0.15) is 0 Å². The van der Waals surface area contributed by atoms with Crippen LogP contribution in [-0.2, 0) is 4.79 Å². The summed E-state index contributed by atoms with van der Waals surface area (Å²) >= 11 is 5.59.